The van der Waals surface area contributed by atoms with Gasteiger partial charge in [-0.15, -0.1) is 0 Å². The third kappa shape index (κ3) is 3.26. The highest BCUT2D eigenvalue weighted by atomic mass is 16.3. The van der Waals surface area contributed by atoms with Crippen LogP contribution >= 0.6 is 0 Å². The van der Waals surface area contributed by atoms with Gasteiger partial charge in [-0.2, -0.15) is 0 Å². The highest BCUT2D eigenvalue weighted by molar-refractivity contribution is 5.89. The fourth-order valence-electron chi connectivity index (χ4n) is 9.09. The van der Waals surface area contributed by atoms with Gasteiger partial charge < -0.3 is 5.11 Å². The molecule has 0 aromatic heterocycles. The Labute approximate surface area is 179 Å². The molecule has 0 aromatic rings. The highest BCUT2D eigenvalue weighted by Crippen LogP contribution is 2.68. The first kappa shape index (κ1) is 21.8. The van der Waals surface area contributed by atoms with Crippen molar-refractivity contribution in [2.75, 3.05) is 0 Å². The second kappa shape index (κ2) is 7.64. The van der Waals surface area contributed by atoms with Gasteiger partial charge in [-0.25, -0.2) is 0 Å². The van der Waals surface area contributed by atoms with Crippen LogP contribution in [0.15, 0.2) is 0 Å². The number of ketones is 1. The van der Waals surface area contributed by atoms with Gasteiger partial charge in [-0.05, 0) is 79.4 Å². The zero-order valence-electron chi connectivity index (χ0n) is 19.8. The monoisotopic (exact) mass is 402 g/mol. The van der Waals surface area contributed by atoms with E-state index >= 15 is 0 Å². The molecule has 0 spiro atoms. The van der Waals surface area contributed by atoms with Gasteiger partial charge in [0.1, 0.15) is 5.60 Å². The predicted octanol–water partition coefficient (Wildman–Crippen LogP) is 6.79. The van der Waals surface area contributed by atoms with Crippen LogP contribution in [-0.4, -0.2) is 16.5 Å². The lowest BCUT2D eigenvalue weighted by Gasteiger charge is -2.62. The molecule has 0 amide bonds. The Morgan fingerprint density at radius 3 is 2.41 bits per heavy atom. The second-order valence-electron chi connectivity index (χ2n) is 12.5. The summed E-state index contributed by atoms with van der Waals surface area (Å²) >= 11 is 0. The molecule has 4 aliphatic carbocycles. The number of fused-ring (bicyclic) bond motifs is 5. The molecule has 29 heavy (non-hydrogen) atoms. The Balaban J connectivity index is 1.53. The van der Waals surface area contributed by atoms with Gasteiger partial charge in [0.2, 0.25) is 0 Å². The number of hydrogen-bond donors (Lipinski definition) is 1. The molecule has 4 rings (SSSR count). The molecule has 4 saturated carbocycles. The molecule has 4 aliphatic rings. The Bertz CT molecular complexity index is 626. The standard InChI is InChI=1S/C27H46O2/c1-18(2)9-8-10-19(3)21-11-12-22-20-17-24(28)27(29)15-7-6-14-26(27,5)23(20)13-16-25(21,22)4/h18-23,29H,6-17H2,1-5H3/t19-,20+,21-,22+,23+,25-,26-,27?/m1/s1. The molecular weight excluding hydrogens is 356 g/mol. The number of carbonyl (C=O) groups is 1. The molecule has 0 radical (unpaired) electrons. The summed E-state index contributed by atoms with van der Waals surface area (Å²) in [4.78, 5) is 13.3. The quantitative estimate of drug-likeness (QED) is 0.549. The molecule has 4 fully saturated rings. The average Bonchev–Trinajstić information content (AvgIpc) is 3.01. The summed E-state index contributed by atoms with van der Waals surface area (Å²) in [6.45, 7) is 12.1. The zero-order chi connectivity index (χ0) is 21.0. The first-order chi connectivity index (χ1) is 13.6. The van der Waals surface area contributed by atoms with Gasteiger partial charge in [0.15, 0.2) is 5.78 Å². The number of carbonyl (C=O) groups excluding carboxylic acids is 1. The molecule has 0 bridgehead atoms. The fraction of sp³-hybridized carbons (Fsp3) is 0.963. The summed E-state index contributed by atoms with van der Waals surface area (Å²) in [5, 5.41) is 11.5. The normalized spacial score (nSPS) is 48.2. The number of aliphatic hydroxyl groups is 1. The Morgan fingerprint density at radius 1 is 0.966 bits per heavy atom. The van der Waals surface area contributed by atoms with Crippen molar-refractivity contribution in [2.24, 2.45) is 46.3 Å². The number of Topliss-reactive ketones (excluding diaryl/α,β-unsaturated/α-hetero) is 1. The molecule has 2 heteroatoms. The molecule has 1 unspecified atom stereocenters. The second-order valence-corrected chi connectivity index (χ2v) is 12.5. The van der Waals surface area contributed by atoms with E-state index < -0.39 is 5.60 Å². The first-order valence-electron chi connectivity index (χ1n) is 12.9. The third-order valence-electron chi connectivity index (χ3n) is 10.8. The third-order valence-corrected chi connectivity index (χ3v) is 10.8. The summed E-state index contributed by atoms with van der Waals surface area (Å²) in [7, 11) is 0. The lowest BCUT2D eigenvalue weighted by Crippen LogP contribution is -2.65. The highest BCUT2D eigenvalue weighted by Gasteiger charge is 2.66. The topological polar surface area (TPSA) is 37.3 Å². The van der Waals surface area contributed by atoms with Crippen molar-refractivity contribution in [3.63, 3.8) is 0 Å². The summed E-state index contributed by atoms with van der Waals surface area (Å²) in [5.41, 5.74) is -0.783. The van der Waals surface area contributed by atoms with E-state index in [1.807, 2.05) is 0 Å². The maximum Gasteiger partial charge on any atom is 0.165 e. The molecule has 2 nitrogen and oxygen atoms in total. The molecule has 8 atom stereocenters. The smallest absolute Gasteiger partial charge is 0.165 e. The minimum Gasteiger partial charge on any atom is -0.381 e. The van der Waals surface area contributed by atoms with Crippen molar-refractivity contribution >= 4 is 5.78 Å². The maximum absolute atomic E-state index is 13.3. The van der Waals surface area contributed by atoms with Crippen molar-refractivity contribution in [1.82, 2.24) is 0 Å². The van der Waals surface area contributed by atoms with Crippen molar-refractivity contribution in [1.29, 1.82) is 0 Å². The minimum absolute atomic E-state index is 0.173. The Morgan fingerprint density at radius 2 is 1.69 bits per heavy atom. The SMILES string of the molecule is CC(C)CCC[C@@H](C)[C@H]1CC[C@H]2[C@@H]3CC(=O)C4(O)CCCC[C@]4(C)[C@H]3CC[C@]12C. The summed E-state index contributed by atoms with van der Waals surface area (Å²) < 4.78 is 0. The van der Waals surface area contributed by atoms with Gasteiger partial charge in [-0.3, -0.25) is 4.79 Å². The molecule has 0 heterocycles. The van der Waals surface area contributed by atoms with Crippen molar-refractivity contribution < 1.29 is 9.90 Å². The molecule has 0 aliphatic heterocycles. The Hall–Kier alpha value is -0.370. The van der Waals surface area contributed by atoms with Crippen LogP contribution in [0.25, 0.3) is 0 Å². The summed E-state index contributed by atoms with van der Waals surface area (Å²) in [6.07, 6.45) is 14.0. The molecule has 166 valence electrons. The maximum atomic E-state index is 13.3. The average molecular weight is 403 g/mol. The van der Waals surface area contributed by atoms with E-state index in [9.17, 15) is 9.90 Å². The van der Waals surface area contributed by atoms with Crippen molar-refractivity contribution in [2.45, 2.75) is 117 Å². The molecule has 0 saturated heterocycles. The van der Waals surface area contributed by atoms with E-state index in [0.29, 0.717) is 36.0 Å². The van der Waals surface area contributed by atoms with E-state index in [2.05, 4.69) is 34.6 Å². The van der Waals surface area contributed by atoms with E-state index in [0.717, 1.165) is 30.6 Å². The van der Waals surface area contributed by atoms with Crippen LogP contribution in [0.5, 0.6) is 0 Å². The van der Waals surface area contributed by atoms with Crippen molar-refractivity contribution in [3.05, 3.63) is 0 Å². The van der Waals surface area contributed by atoms with E-state index in [-0.39, 0.29) is 11.2 Å². The number of rotatable bonds is 5. The van der Waals surface area contributed by atoms with Crippen LogP contribution in [0.2, 0.25) is 0 Å². The van der Waals surface area contributed by atoms with Crippen LogP contribution in [0.4, 0.5) is 0 Å². The number of hydrogen-bond acceptors (Lipinski definition) is 2. The van der Waals surface area contributed by atoms with Crippen molar-refractivity contribution in [3.8, 4) is 0 Å². The van der Waals surface area contributed by atoms with Gasteiger partial charge >= 0.3 is 0 Å². The lowest BCUT2D eigenvalue weighted by molar-refractivity contribution is -0.203. The Kier molecular flexibility index (Phi) is 5.76. The van der Waals surface area contributed by atoms with Crippen LogP contribution < -0.4 is 0 Å². The largest absolute Gasteiger partial charge is 0.381 e. The van der Waals surface area contributed by atoms with Crippen LogP contribution in [0.3, 0.4) is 0 Å². The van der Waals surface area contributed by atoms with E-state index in [1.54, 1.807) is 0 Å². The van der Waals surface area contributed by atoms with E-state index in [1.165, 1.54) is 51.4 Å². The van der Waals surface area contributed by atoms with E-state index in [4.69, 9.17) is 0 Å². The zero-order valence-corrected chi connectivity index (χ0v) is 19.8. The van der Waals surface area contributed by atoms with Gasteiger partial charge in [0.25, 0.3) is 0 Å². The molecule has 1 N–H and O–H groups in total. The summed E-state index contributed by atoms with van der Waals surface area (Å²) in [6, 6.07) is 0. The minimum atomic E-state index is -1.03. The molecular formula is C27H46O2. The molecule has 0 aromatic carbocycles. The van der Waals surface area contributed by atoms with Gasteiger partial charge in [-0.1, -0.05) is 66.7 Å². The van der Waals surface area contributed by atoms with Crippen LogP contribution in [0.1, 0.15) is 112 Å². The summed E-state index contributed by atoms with van der Waals surface area (Å²) in [5.74, 6) is 4.42. The predicted molar refractivity (Wildman–Crippen MR) is 120 cm³/mol. The lowest BCUT2D eigenvalue weighted by atomic mass is 9.43. The van der Waals surface area contributed by atoms with Crippen LogP contribution in [0, 0.1) is 46.3 Å². The van der Waals surface area contributed by atoms with Crippen LogP contribution in [-0.2, 0) is 4.79 Å². The fourth-order valence-corrected chi connectivity index (χ4v) is 9.09. The van der Waals surface area contributed by atoms with Gasteiger partial charge in [0.05, 0.1) is 0 Å². The van der Waals surface area contributed by atoms with Gasteiger partial charge in [0, 0.05) is 11.8 Å². The first-order valence-corrected chi connectivity index (χ1v) is 12.9.